The predicted molar refractivity (Wildman–Crippen MR) is 107 cm³/mol. The van der Waals surface area contributed by atoms with Gasteiger partial charge in [0, 0.05) is 34.2 Å². The van der Waals surface area contributed by atoms with Crippen LogP contribution in [0.2, 0.25) is 0 Å². The van der Waals surface area contributed by atoms with Crippen molar-refractivity contribution in [1.82, 2.24) is 0 Å². The number of carboxylic acids is 1. The fourth-order valence-electron chi connectivity index (χ4n) is 3.31. The van der Waals surface area contributed by atoms with Crippen LogP contribution < -0.4 is 5.43 Å². The lowest BCUT2D eigenvalue weighted by molar-refractivity contribution is 0.0697. The van der Waals surface area contributed by atoms with Crippen molar-refractivity contribution in [1.29, 1.82) is 0 Å². The molecule has 7 heteroatoms. The Balaban J connectivity index is 2.15. The topological polar surface area (TPSA) is 117 Å². The zero-order valence-corrected chi connectivity index (χ0v) is 14.9. The van der Waals surface area contributed by atoms with Crippen molar-refractivity contribution in [3.8, 4) is 28.2 Å². The number of aromatic hydroxyl groups is 1. The number of hydrogen-bond donors (Lipinski definition) is 2. The molecule has 29 heavy (non-hydrogen) atoms. The van der Waals surface area contributed by atoms with E-state index in [0.717, 1.165) is 0 Å². The first kappa shape index (κ1) is 18.1. The number of carbonyl (C=O) groups excluding carboxylic acids is 1. The summed E-state index contributed by atoms with van der Waals surface area (Å²) in [6, 6.07) is 12.8. The number of phenols is 1. The van der Waals surface area contributed by atoms with Crippen molar-refractivity contribution in [2.75, 3.05) is 0 Å². The van der Waals surface area contributed by atoms with Gasteiger partial charge in [0.05, 0.1) is 5.56 Å². The second-order valence-corrected chi connectivity index (χ2v) is 6.34. The molecule has 7 nitrogen and oxygen atoms in total. The molecule has 1 aliphatic heterocycles. The van der Waals surface area contributed by atoms with Crippen LogP contribution in [0.15, 0.2) is 68.8 Å². The molecular weight excluding hydrogens is 374 g/mol. The molecule has 0 saturated carbocycles. The lowest BCUT2D eigenvalue weighted by atomic mass is 9.90. The van der Waals surface area contributed by atoms with Gasteiger partial charge in [-0.05, 0) is 48.7 Å². The third-order valence-electron chi connectivity index (χ3n) is 4.59. The van der Waals surface area contributed by atoms with E-state index in [1.807, 2.05) is 0 Å². The van der Waals surface area contributed by atoms with E-state index in [9.17, 15) is 24.6 Å². The number of hydrogen-bond acceptors (Lipinski definition) is 5. The van der Waals surface area contributed by atoms with E-state index in [4.69, 9.17) is 4.42 Å². The molecule has 2 aromatic carbocycles. The summed E-state index contributed by atoms with van der Waals surface area (Å²) in [6.07, 6.45) is 0. The van der Waals surface area contributed by atoms with E-state index in [0.29, 0.717) is 22.1 Å². The average molecular weight is 387 g/mol. The molecule has 1 aliphatic carbocycles. The number of aromatic carboxylic acids is 1. The van der Waals surface area contributed by atoms with Gasteiger partial charge in [0.25, 0.3) is 5.91 Å². The van der Waals surface area contributed by atoms with E-state index in [1.165, 1.54) is 42.5 Å². The number of carbonyl (C=O) groups is 2. The standard InChI is InChI=1S/C22H13NO6/c1-23-21(26)11-2-5-14(17(8-11)22(27)28)20-15-6-3-12(24)9-18(15)29-19-10-13(25)4-7-16(19)20/h2-10,24H,1H2,(H,27,28). The number of benzene rings is 3. The maximum atomic E-state index is 12.0. The van der Waals surface area contributed by atoms with Crippen LogP contribution in [-0.4, -0.2) is 28.8 Å². The predicted octanol–water partition coefficient (Wildman–Crippen LogP) is 3.81. The molecule has 0 fully saturated rings. The van der Waals surface area contributed by atoms with E-state index in [2.05, 4.69) is 11.7 Å². The first-order valence-electron chi connectivity index (χ1n) is 8.47. The Kier molecular flexibility index (Phi) is 4.20. The fourth-order valence-corrected chi connectivity index (χ4v) is 3.31. The van der Waals surface area contributed by atoms with Gasteiger partial charge in [-0.15, -0.1) is 0 Å². The molecule has 0 bridgehead atoms. The molecule has 0 radical (unpaired) electrons. The molecule has 0 spiro atoms. The summed E-state index contributed by atoms with van der Waals surface area (Å²) < 4.78 is 5.76. The summed E-state index contributed by atoms with van der Waals surface area (Å²) in [5.41, 5.74) is 1.33. The number of fused-ring (bicyclic) bond motifs is 2. The van der Waals surface area contributed by atoms with Crippen LogP contribution in [0.5, 0.6) is 5.75 Å². The van der Waals surface area contributed by atoms with Gasteiger partial charge in [0.1, 0.15) is 17.1 Å². The summed E-state index contributed by atoms with van der Waals surface area (Å²) in [7, 11) is 0. The Morgan fingerprint density at radius 3 is 2.45 bits per heavy atom. The van der Waals surface area contributed by atoms with E-state index >= 15 is 0 Å². The Labute approximate surface area is 163 Å². The van der Waals surface area contributed by atoms with Crippen molar-refractivity contribution in [2.45, 2.75) is 0 Å². The lowest BCUT2D eigenvalue weighted by Gasteiger charge is -2.17. The Bertz CT molecular complexity index is 1350. The molecule has 0 unspecified atom stereocenters. The number of phenolic OH excluding ortho intramolecular Hbond substituents is 1. The van der Waals surface area contributed by atoms with Crippen molar-refractivity contribution < 1.29 is 24.2 Å². The molecule has 0 atom stereocenters. The largest absolute Gasteiger partial charge is 0.508 e. The summed E-state index contributed by atoms with van der Waals surface area (Å²) in [5, 5.41) is 20.1. The number of nitrogens with zero attached hydrogens (tertiary/aromatic N) is 1. The molecule has 1 heterocycles. The van der Waals surface area contributed by atoms with Crippen molar-refractivity contribution >= 4 is 29.6 Å². The minimum Gasteiger partial charge on any atom is -0.508 e. The third kappa shape index (κ3) is 3.04. The van der Waals surface area contributed by atoms with Crippen LogP contribution in [0, 0.1) is 0 Å². The second-order valence-electron chi connectivity index (χ2n) is 6.34. The highest BCUT2D eigenvalue weighted by Crippen LogP contribution is 2.42. The molecule has 2 aromatic rings. The number of aliphatic imine (C=N–C) groups is 1. The summed E-state index contributed by atoms with van der Waals surface area (Å²) in [4.78, 5) is 38.9. The van der Waals surface area contributed by atoms with Crippen molar-refractivity contribution in [3.63, 3.8) is 0 Å². The van der Waals surface area contributed by atoms with Crippen molar-refractivity contribution in [3.05, 3.63) is 75.9 Å². The fraction of sp³-hybridized carbons (Fsp3) is 0. The smallest absolute Gasteiger partial charge is 0.336 e. The maximum absolute atomic E-state index is 12.0. The van der Waals surface area contributed by atoms with Gasteiger partial charge in [-0.2, -0.15) is 0 Å². The zero-order valence-electron chi connectivity index (χ0n) is 14.9. The third-order valence-corrected chi connectivity index (χ3v) is 4.59. The monoisotopic (exact) mass is 387 g/mol. The minimum absolute atomic E-state index is 0.0405. The Hall–Kier alpha value is -4.26. The molecule has 1 amide bonds. The SMILES string of the molecule is C=NC(=O)c1ccc(-c2c3ccc(=O)cc-3oc3cc(O)ccc23)c(C(=O)O)c1. The highest BCUT2D eigenvalue weighted by Gasteiger charge is 2.22. The molecular formula is C22H13NO6. The zero-order chi connectivity index (χ0) is 20.7. The highest BCUT2D eigenvalue weighted by atomic mass is 16.4. The molecule has 0 saturated heterocycles. The van der Waals surface area contributed by atoms with E-state index < -0.39 is 11.9 Å². The van der Waals surface area contributed by atoms with Gasteiger partial charge < -0.3 is 14.6 Å². The highest BCUT2D eigenvalue weighted by molar-refractivity contribution is 6.09. The Morgan fingerprint density at radius 1 is 0.966 bits per heavy atom. The number of rotatable bonds is 3. The van der Waals surface area contributed by atoms with Crippen LogP contribution in [0.3, 0.4) is 0 Å². The summed E-state index contributed by atoms with van der Waals surface area (Å²) >= 11 is 0. The van der Waals surface area contributed by atoms with Gasteiger partial charge in [-0.3, -0.25) is 9.59 Å². The average Bonchev–Trinajstić information content (AvgIpc) is 2.70. The Morgan fingerprint density at radius 2 is 1.72 bits per heavy atom. The normalized spacial score (nSPS) is 10.9. The maximum Gasteiger partial charge on any atom is 0.336 e. The second kappa shape index (κ2) is 6.72. The van der Waals surface area contributed by atoms with Crippen LogP contribution in [0.4, 0.5) is 0 Å². The summed E-state index contributed by atoms with van der Waals surface area (Å²) in [5.74, 6) is -1.67. The molecule has 2 aliphatic rings. The van der Waals surface area contributed by atoms with Gasteiger partial charge in [-0.25, -0.2) is 9.79 Å². The first-order valence-corrected chi connectivity index (χ1v) is 8.47. The number of carboxylic acid groups (broad SMARTS) is 1. The van der Waals surface area contributed by atoms with Gasteiger partial charge >= 0.3 is 5.97 Å². The van der Waals surface area contributed by atoms with Gasteiger partial charge in [-0.1, -0.05) is 6.07 Å². The quantitative estimate of drug-likeness (QED) is 0.408. The van der Waals surface area contributed by atoms with Crippen molar-refractivity contribution in [2.24, 2.45) is 4.99 Å². The molecule has 142 valence electrons. The molecule has 0 aromatic heterocycles. The van der Waals surface area contributed by atoms with E-state index in [-0.39, 0.29) is 33.6 Å². The van der Waals surface area contributed by atoms with Crippen LogP contribution in [0.25, 0.3) is 33.4 Å². The van der Waals surface area contributed by atoms with Gasteiger partial charge in [0.15, 0.2) is 5.43 Å². The van der Waals surface area contributed by atoms with Crippen LogP contribution >= 0.6 is 0 Å². The molecule has 4 rings (SSSR count). The first-order chi connectivity index (χ1) is 13.9. The minimum atomic E-state index is -1.24. The summed E-state index contributed by atoms with van der Waals surface area (Å²) in [6.45, 7) is 3.18. The lowest BCUT2D eigenvalue weighted by Crippen LogP contribution is -2.05. The molecule has 2 N–H and O–H groups in total. The van der Waals surface area contributed by atoms with E-state index in [1.54, 1.807) is 12.1 Å². The number of amides is 1. The van der Waals surface area contributed by atoms with Gasteiger partial charge in [0.2, 0.25) is 0 Å². The van der Waals surface area contributed by atoms with Crippen LogP contribution in [-0.2, 0) is 0 Å². The van der Waals surface area contributed by atoms with Crippen LogP contribution in [0.1, 0.15) is 20.7 Å².